The lowest BCUT2D eigenvalue weighted by Gasteiger charge is -2.03. The van der Waals surface area contributed by atoms with Gasteiger partial charge in [-0.05, 0) is 16.7 Å². The van der Waals surface area contributed by atoms with Crippen LogP contribution in [0.2, 0.25) is 0 Å². The molecule has 0 aliphatic rings. The molecular formula is C15H14FNO3. The van der Waals surface area contributed by atoms with Crippen molar-refractivity contribution >= 4 is 12.4 Å². The van der Waals surface area contributed by atoms with Gasteiger partial charge >= 0.3 is 5.97 Å². The van der Waals surface area contributed by atoms with Crippen LogP contribution in [0.3, 0.4) is 0 Å². The molecule has 0 heterocycles. The highest BCUT2D eigenvalue weighted by Crippen LogP contribution is 2.20. The molecule has 2 aromatic rings. The first-order chi connectivity index (χ1) is 9.71. The summed E-state index contributed by atoms with van der Waals surface area (Å²) in [5, 5.41) is 0. The van der Waals surface area contributed by atoms with Gasteiger partial charge < -0.3 is 5.73 Å². The number of primary amides is 1. The van der Waals surface area contributed by atoms with Crippen LogP contribution in [0.1, 0.15) is 5.56 Å². The van der Waals surface area contributed by atoms with Crippen LogP contribution in [0.15, 0.2) is 54.6 Å². The fourth-order valence-electron chi connectivity index (χ4n) is 1.69. The number of carbonyl (C=O) groups is 2. The second-order valence-corrected chi connectivity index (χ2v) is 3.83. The van der Waals surface area contributed by atoms with Crippen molar-refractivity contribution in [3.05, 3.63) is 60.2 Å². The van der Waals surface area contributed by atoms with E-state index in [1.807, 2.05) is 48.5 Å². The summed E-state index contributed by atoms with van der Waals surface area (Å²) >= 11 is 0. The van der Waals surface area contributed by atoms with E-state index in [1.54, 1.807) is 6.07 Å². The minimum Gasteiger partial charge on any atom is -0.372 e. The zero-order valence-electron chi connectivity index (χ0n) is 10.7. The Labute approximate surface area is 115 Å². The molecule has 4 nitrogen and oxygen atoms in total. The number of benzene rings is 2. The molecule has 0 saturated carbocycles. The largest absolute Gasteiger partial charge is 0.372 e. The number of halogens is 1. The molecule has 0 fully saturated rings. The molecule has 2 rings (SSSR count). The monoisotopic (exact) mass is 275 g/mol. The van der Waals surface area contributed by atoms with Gasteiger partial charge in [0, 0.05) is 4.53 Å². The van der Waals surface area contributed by atoms with Gasteiger partial charge in [-0.3, -0.25) is 9.74 Å². The van der Waals surface area contributed by atoms with Crippen molar-refractivity contribution in [1.82, 2.24) is 0 Å². The van der Waals surface area contributed by atoms with Gasteiger partial charge in [0.05, 0.1) is 6.42 Å². The van der Waals surface area contributed by atoms with Crippen molar-refractivity contribution < 1.29 is 19.1 Å². The lowest BCUT2D eigenvalue weighted by Crippen LogP contribution is -2.02. The van der Waals surface area contributed by atoms with Crippen LogP contribution in [0, 0.1) is 0 Å². The highest BCUT2D eigenvalue weighted by molar-refractivity contribution is 5.73. The van der Waals surface area contributed by atoms with Crippen molar-refractivity contribution in [2.75, 3.05) is 0 Å². The Morgan fingerprint density at radius 3 is 2.30 bits per heavy atom. The van der Waals surface area contributed by atoms with Gasteiger partial charge in [-0.2, -0.15) is 0 Å². The topological polar surface area (TPSA) is 69.4 Å². The Kier molecular flexibility index (Phi) is 6.47. The van der Waals surface area contributed by atoms with Crippen LogP contribution < -0.4 is 5.73 Å². The van der Waals surface area contributed by atoms with Crippen LogP contribution in [-0.2, 0) is 21.0 Å². The molecule has 5 heteroatoms. The number of nitrogens with two attached hydrogens (primary N) is 1. The van der Waals surface area contributed by atoms with Crippen LogP contribution in [-0.4, -0.2) is 12.4 Å². The van der Waals surface area contributed by atoms with Crippen molar-refractivity contribution in [2.24, 2.45) is 5.73 Å². The number of hydrogen-bond acceptors (Lipinski definition) is 3. The average molecular weight is 275 g/mol. The molecule has 0 aliphatic carbocycles. The molecule has 0 aromatic heterocycles. The summed E-state index contributed by atoms with van der Waals surface area (Å²) in [5.41, 5.74) is 6.95. The van der Waals surface area contributed by atoms with E-state index in [4.69, 9.17) is 4.79 Å². The quantitative estimate of drug-likeness (QED) is 0.874. The molecule has 0 radical (unpaired) electrons. The van der Waals surface area contributed by atoms with Crippen LogP contribution in [0.4, 0.5) is 4.53 Å². The summed E-state index contributed by atoms with van der Waals surface area (Å²) in [6.07, 6.45) is 0.192. The second-order valence-electron chi connectivity index (χ2n) is 3.83. The van der Waals surface area contributed by atoms with E-state index in [2.05, 4.69) is 10.7 Å². The molecule has 104 valence electrons. The van der Waals surface area contributed by atoms with Gasteiger partial charge in [-0.1, -0.05) is 54.6 Å². The molecular weight excluding hydrogens is 261 g/mol. The molecule has 0 atom stereocenters. The fourth-order valence-corrected chi connectivity index (χ4v) is 1.69. The van der Waals surface area contributed by atoms with Crippen LogP contribution >= 0.6 is 0 Å². The molecule has 0 aliphatic heterocycles. The minimum absolute atomic E-state index is 0.0584. The number of carbonyl (C=O) groups excluding carboxylic acids is 2. The minimum atomic E-state index is -0.879. The second kappa shape index (κ2) is 8.42. The maximum atomic E-state index is 11.6. The maximum absolute atomic E-state index is 11.6. The van der Waals surface area contributed by atoms with Gasteiger partial charge in [0.25, 0.3) is 0 Å². The molecule has 0 unspecified atom stereocenters. The lowest BCUT2D eigenvalue weighted by molar-refractivity contribution is -0.182. The summed E-state index contributed by atoms with van der Waals surface area (Å²) in [5.74, 6) is -0.879. The molecule has 0 saturated heterocycles. The normalized spacial score (nSPS) is 9.05. The molecule has 20 heavy (non-hydrogen) atoms. The zero-order chi connectivity index (χ0) is 14.8. The first-order valence-corrected chi connectivity index (χ1v) is 5.82. The van der Waals surface area contributed by atoms with Crippen molar-refractivity contribution in [3.8, 4) is 11.1 Å². The standard InChI is InChI=1S/C14H11FO2.CH3NO/c15-17-14(16)10-11-5-4-8-13(9-11)12-6-2-1-3-7-12;2-1-3/h1-9H,10H2;1H,(H2,2,3). The highest BCUT2D eigenvalue weighted by Gasteiger charge is 2.06. The number of rotatable bonds is 3. The Hall–Kier alpha value is -2.69. The SMILES string of the molecule is NC=O.O=C(Cc1cccc(-c2ccccc2)c1)OF. The van der Waals surface area contributed by atoms with Crippen molar-refractivity contribution in [1.29, 1.82) is 0 Å². The van der Waals surface area contributed by atoms with Gasteiger partial charge in [-0.15, -0.1) is 0 Å². The third-order valence-electron chi connectivity index (χ3n) is 2.47. The third kappa shape index (κ3) is 4.89. The van der Waals surface area contributed by atoms with E-state index >= 15 is 0 Å². The average Bonchev–Trinajstić information content (AvgIpc) is 2.49. The number of hydrogen-bond donors (Lipinski definition) is 1. The summed E-state index contributed by atoms with van der Waals surface area (Å²) in [4.78, 5) is 22.6. The molecule has 0 spiro atoms. The predicted molar refractivity (Wildman–Crippen MR) is 73.0 cm³/mol. The Morgan fingerprint density at radius 2 is 1.70 bits per heavy atom. The Balaban J connectivity index is 0.000000612. The highest BCUT2D eigenvalue weighted by atomic mass is 19.3. The summed E-state index contributed by atoms with van der Waals surface area (Å²) in [6, 6.07) is 17.2. The fraction of sp³-hybridized carbons (Fsp3) is 0.0667. The van der Waals surface area contributed by atoms with E-state index in [-0.39, 0.29) is 12.8 Å². The van der Waals surface area contributed by atoms with Gasteiger partial charge in [0.1, 0.15) is 0 Å². The van der Waals surface area contributed by atoms with Crippen LogP contribution in [0.5, 0.6) is 0 Å². The maximum Gasteiger partial charge on any atom is 0.353 e. The Bertz CT molecular complexity index is 558. The molecule has 0 bridgehead atoms. The summed E-state index contributed by atoms with van der Waals surface area (Å²) in [6.45, 7) is 0. The smallest absolute Gasteiger partial charge is 0.353 e. The van der Waals surface area contributed by atoms with E-state index in [0.717, 1.165) is 16.7 Å². The summed E-state index contributed by atoms with van der Waals surface area (Å²) in [7, 11) is 0. The predicted octanol–water partition coefficient (Wildman–Crippen LogP) is 2.43. The van der Waals surface area contributed by atoms with Crippen molar-refractivity contribution in [2.45, 2.75) is 6.42 Å². The third-order valence-corrected chi connectivity index (χ3v) is 2.47. The van der Waals surface area contributed by atoms with E-state index in [0.29, 0.717) is 0 Å². The van der Waals surface area contributed by atoms with E-state index in [9.17, 15) is 9.32 Å². The van der Waals surface area contributed by atoms with Crippen LogP contribution in [0.25, 0.3) is 11.1 Å². The van der Waals surface area contributed by atoms with Crippen molar-refractivity contribution in [3.63, 3.8) is 0 Å². The zero-order valence-corrected chi connectivity index (χ0v) is 10.7. The summed E-state index contributed by atoms with van der Waals surface area (Å²) < 4.78 is 11.6. The van der Waals surface area contributed by atoms with Gasteiger partial charge in [-0.25, -0.2) is 4.79 Å². The molecule has 1 amide bonds. The first kappa shape index (κ1) is 15.4. The van der Waals surface area contributed by atoms with Gasteiger partial charge in [0.15, 0.2) is 0 Å². The van der Waals surface area contributed by atoms with E-state index in [1.165, 1.54) is 0 Å². The molecule has 2 aromatic carbocycles. The van der Waals surface area contributed by atoms with E-state index < -0.39 is 5.97 Å². The number of amides is 1. The lowest BCUT2D eigenvalue weighted by atomic mass is 10.0. The van der Waals surface area contributed by atoms with Gasteiger partial charge in [0.2, 0.25) is 6.41 Å². The Morgan fingerprint density at radius 1 is 1.10 bits per heavy atom. The first-order valence-electron chi connectivity index (χ1n) is 5.82. The molecule has 2 N–H and O–H groups in total.